The molecule has 96 valence electrons. The van der Waals surface area contributed by atoms with Crippen LogP contribution in [0.4, 0.5) is 5.69 Å². The molecule has 1 aliphatic heterocycles. The molecule has 1 atom stereocenters. The molecule has 5 heteroatoms. The molecule has 1 heterocycles. The Hall–Kier alpha value is -1.49. The molecule has 1 aromatic rings. The van der Waals surface area contributed by atoms with Gasteiger partial charge in [0.15, 0.2) is 0 Å². The predicted octanol–water partition coefficient (Wildman–Crippen LogP) is 1.47. The van der Waals surface area contributed by atoms with Crippen molar-refractivity contribution < 1.29 is 9.59 Å². The molecule has 0 aromatic heterocycles. The number of anilines is 1. The summed E-state index contributed by atoms with van der Waals surface area (Å²) in [5.41, 5.74) is 2.89. The van der Waals surface area contributed by atoms with Gasteiger partial charge in [-0.05, 0) is 25.0 Å². The SMILES string of the molecule is Cc1cccc(C)c1NC(=O)C1CSCC(=O)N1. The third-order valence-electron chi connectivity index (χ3n) is 2.90. The van der Waals surface area contributed by atoms with Crippen LogP contribution in [0.1, 0.15) is 11.1 Å². The van der Waals surface area contributed by atoms with Gasteiger partial charge in [0.2, 0.25) is 11.8 Å². The first-order chi connectivity index (χ1) is 8.58. The van der Waals surface area contributed by atoms with Crippen LogP contribution in [0.5, 0.6) is 0 Å². The van der Waals surface area contributed by atoms with Crippen LogP contribution in [0, 0.1) is 13.8 Å². The monoisotopic (exact) mass is 264 g/mol. The Bertz CT molecular complexity index is 468. The van der Waals surface area contributed by atoms with Crippen molar-refractivity contribution in [3.8, 4) is 0 Å². The first kappa shape index (κ1) is 13.0. The number of aryl methyl sites for hydroxylation is 2. The Morgan fingerprint density at radius 1 is 1.39 bits per heavy atom. The summed E-state index contributed by atoms with van der Waals surface area (Å²) in [7, 11) is 0. The van der Waals surface area contributed by atoms with Crippen molar-refractivity contribution in [2.24, 2.45) is 0 Å². The molecule has 0 radical (unpaired) electrons. The summed E-state index contributed by atoms with van der Waals surface area (Å²) in [4.78, 5) is 23.3. The van der Waals surface area contributed by atoms with Crippen molar-refractivity contribution in [1.29, 1.82) is 0 Å². The maximum atomic E-state index is 12.1. The lowest BCUT2D eigenvalue weighted by Crippen LogP contribution is -2.49. The summed E-state index contributed by atoms with van der Waals surface area (Å²) in [5.74, 6) is 0.844. The van der Waals surface area contributed by atoms with E-state index in [1.54, 1.807) is 0 Å². The highest BCUT2D eigenvalue weighted by atomic mass is 32.2. The average molecular weight is 264 g/mol. The second-order valence-corrected chi connectivity index (χ2v) is 5.42. The van der Waals surface area contributed by atoms with Crippen LogP contribution < -0.4 is 10.6 Å². The molecule has 18 heavy (non-hydrogen) atoms. The standard InChI is InChI=1S/C13H16N2O2S/c1-8-4-3-5-9(2)12(8)15-13(17)10-6-18-7-11(16)14-10/h3-5,10H,6-7H2,1-2H3,(H,14,16)(H,15,17). The van der Waals surface area contributed by atoms with Gasteiger partial charge in [-0.2, -0.15) is 0 Å². The summed E-state index contributed by atoms with van der Waals surface area (Å²) < 4.78 is 0. The van der Waals surface area contributed by atoms with E-state index in [0.717, 1.165) is 16.8 Å². The van der Waals surface area contributed by atoms with Crippen molar-refractivity contribution in [3.63, 3.8) is 0 Å². The zero-order valence-corrected chi connectivity index (χ0v) is 11.3. The number of rotatable bonds is 2. The lowest BCUT2D eigenvalue weighted by atomic mass is 10.1. The molecule has 1 saturated heterocycles. The number of hydrogen-bond acceptors (Lipinski definition) is 3. The number of hydrogen-bond donors (Lipinski definition) is 2. The van der Waals surface area contributed by atoms with Crippen LogP contribution in [0.2, 0.25) is 0 Å². The quantitative estimate of drug-likeness (QED) is 0.850. The van der Waals surface area contributed by atoms with E-state index in [0.29, 0.717) is 11.5 Å². The molecule has 1 aromatic carbocycles. The van der Waals surface area contributed by atoms with Gasteiger partial charge in [0.1, 0.15) is 6.04 Å². The van der Waals surface area contributed by atoms with Crippen LogP contribution in [-0.4, -0.2) is 29.4 Å². The fourth-order valence-corrected chi connectivity index (χ4v) is 2.77. The number of amides is 2. The highest BCUT2D eigenvalue weighted by molar-refractivity contribution is 8.00. The van der Waals surface area contributed by atoms with E-state index >= 15 is 0 Å². The van der Waals surface area contributed by atoms with Gasteiger partial charge < -0.3 is 10.6 Å². The third kappa shape index (κ3) is 2.85. The molecule has 1 unspecified atom stereocenters. The van der Waals surface area contributed by atoms with Gasteiger partial charge in [0, 0.05) is 11.4 Å². The molecule has 2 N–H and O–H groups in total. The Morgan fingerprint density at radius 2 is 2.06 bits per heavy atom. The first-order valence-electron chi connectivity index (χ1n) is 5.82. The molecule has 1 fully saturated rings. The maximum absolute atomic E-state index is 12.1. The van der Waals surface area contributed by atoms with E-state index in [9.17, 15) is 9.59 Å². The Morgan fingerprint density at radius 3 is 2.67 bits per heavy atom. The summed E-state index contributed by atoms with van der Waals surface area (Å²) in [5, 5.41) is 5.61. The number of thioether (sulfide) groups is 1. The van der Waals surface area contributed by atoms with Gasteiger partial charge in [-0.25, -0.2) is 0 Å². The molecule has 0 saturated carbocycles. The highest BCUT2D eigenvalue weighted by Crippen LogP contribution is 2.20. The lowest BCUT2D eigenvalue weighted by Gasteiger charge is -2.23. The molecule has 0 aliphatic carbocycles. The van der Waals surface area contributed by atoms with Crippen LogP contribution in [0.25, 0.3) is 0 Å². The number of carbonyl (C=O) groups is 2. The van der Waals surface area contributed by atoms with Gasteiger partial charge in [-0.1, -0.05) is 18.2 Å². The summed E-state index contributed by atoms with van der Waals surface area (Å²) in [6, 6.07) is 5.43. The largest absolute Gasteiger partial charge is 0.343 e. The average Bonchev–Trinajstić information content (AvgIpc) is 2.34. The van der Waals surface area contributed by atoms with Crippen molar-refractivity contribution in [2.45, 2.75) is 19.9 Å². The minimum atomic E-state index is -0.435. The van der Waals surface area contributed by atoms with Gasteiger partial charge in [0.25, 0.3) is 0 Å². The molecular formula is C13H16N2O2S. The number of nitrogens with one attached hydrogen (secondary N) is 2. The van der Waals surface area contributed by atoms with Crippen molar-refractivity contribution in [3.05, 3.63) is 29.3 Å². The van der Waals surface area contributed by atoms with E-state index in [4.69, 9.17) is 0 Å². The third-order valence-corrected chi connectivity index (χ3v) is 3.93. The number of carbonyl (C=O) groups excluding carboxylic acids is 2. The Labute approximate surface area is 111 Å². The van der Waals surface area contributed by atoms with E-state index in [1.807, 2.05) is 32.0 Å². The van der Waals surface area contributed by atoms with Crippen molar-refractivity contribution in [2.75, 3.05) is 16.8 Å². The minimum absolute atomic E-state index is 0.0760. The second kappa shape index (κ2) is 5.44. The van der Waals surface area contributed by atoms with Gasteiger partial charge >= 0.3 is 0 Å². The zero-order valence-electron chi connectivity index (χ0n) is 10.4. The molecule has 1 aliphatic rings. The molecule has 0 spiro atoms. The summed E-state index contributed by atoms with van der Waals surface area (Å²) >= 11 is 1.49. The molecule has 2 rings (SSSR count). The summed E-state index contributed by atoms with van der Waals surface area (Å²) in [6.07, 6.45) is 0. The van der Waals surface area contributed by atoms with Crippen LogP contribution in [0.15, 0.2) is 18.2 Å². The summed E-state index contributed by atoms with van der Waals surface area (Å²) in [6.45, 7) is 3.91. The van der Waals surface area contributed by atoms with E-state index in [-0.39, 0.29) is 11.8 Å². The normalized spacial score (nSPS) is 19.2. The van der Waals surface area contributed by atoms with Gasteiger partial charge in [0.05, 0.1) is 5.75 Å². The smallest absolute Gasteiger partial charge is 0.247 e. The predicted molar refractivity (Wildman–Crippen MR) is 73.8 cm³/mol. The minimum Gasteiger partial charge on any atom is -0.343 e. The fourth-order valence-electron chi connectivity index (χ4n) is 1.91. The number of para-hydroxylation sites is 1. The van der Waals surface area contributed by atoms with E-state index in [1.165, 1.54) is 11.8 Å². The first-order valence-corrected chi connectivity index (χ1v) is 6.97. The highest BCUT2D eigenvalue weighted by Gasteiger charge is 2.25. The van der Waals surface area contributed by atoms with Gasteiger partial charge in [-0.15, -0.1) is 11.8 Å². The van der Waals surface area contributed by atoms with Gasteiger partial charge in [-0.3, -0.25) is 9.59 Å². The molecule has 4 nitrogen and oxygen atoms in total. The Balaban J connectivity index is 2.09. The Kier molecular flexibility index (Phi) is 3.91. The maximum Gasteiger partial charge on any atom is 0.247 e. The van der Waals surface area contributed by atoms with Crippen LogP contribution in [0.3, 0.4) is 0 Å². The van der Waals surface area contributed by atoms with E-state index in [2.05, 4.69) is 10.6 Å². The number of benzene rings is 1. The van der Waals surface area contributed by atoms with Crippen molar-refractivity contribution >= 4 is 29.3 Å². The second-order valence-electron chi connectivity index (χ2n) is 4.39. The topological polar surface area (TPSA) is 58.2 Å². The molecular weight excluding hydrogens is 248 g/mol. The molecule has 0 bridgehead atoms. The van der Waals surface area contributed by atoms with E-state index < -0.39 is 6.04 Å². The van der Waals surface area contributed by atoms with Crippen LogP contribution >= 0.6 is 11.8 Å². The zero-order chi connectivity index (χ0) is 13.1. The van der Waals surface area contributed by atoms with Crippen molar-refractivity contribution in [1.82, 2.24) is 5.32 Å². The molecule has 2 amide bonds. The van der Waals surface area contributed by atoms with Crippen LogP contribution in [-0.2, 0) is 9.59 Å². The lowest BCUT2D eigenvalue weighted by molar-refractivity contribution is -0.124. The fraction of sp³-hybridized carbons (Fsp3) is 0.385.